The lowest BCUT2D eigenvalue weighted by atomic mass is 10.2. The zero-order valence-electron chi connectivity index (χ0n) is 16.8. The molecule has 29 heavy (non-hydrogen) atoms. The molecule has 1 N–H and O–H groups in total. The van der Waals surface area contributed by atoms with E-state index in [4.69, 9.17) is 4.74 Å². The first-order valence-electron chi connectivity index (χ1n) is 9.63. The molecule has 2 heterocycles. The zero-order chi connectivity index (χ0) is 20.6. The van der Waals surface area contributed by atoms with Gasteiger partial charge < -0.3 is 10.1 Å². The molecule has 1 amide bonds. The number of ether oxygens (including phenoxy) is 1. The van der Waals surface area contributed by atoms with Crippen molar-refractivity contribution in [3.8, 4) is 22.8 Å². The highest BCUT2D eigenvalue weighted by molar-refractivity contribution is 7.99. The maximum absolute atomic E-state index is 12.2. The number of pyridine rings is 1. The number of thioether (sulfide) groups is 1. The second kappa shape index (κ2) is 10.1. The topological polar surface area (TPSA) is 81.9 Å². The van der Waals surface area contributed by atoms with Gasteiger partial charge in [-0.1, -0.05) is 18.7 Å². The van der Waals surface area contributed by atoms with Gasteiger partial charge in [0.15, 0.2) is 11.0 Å². The van der Waals surface area contributed by atoms with Gasteiger partial charge in [-0.15, -0.1) is 10.2 Å². The first-order valence-corrected chi connectivity index (χ1v) is 10.6. The fourth-order valence-corrected chi connectivity index (χ4v) is 3.45. The van der Waals surface area contributed by atoms with Gasteiger partial charge in [0, 0.05) is 29.7 Å². The second-order valence-corrected chi connectivity index (χ2v) is 7.42. The van der Waals surface area contributed by atoms with Gasteiger partial charge in [-0.25, -0.2) is 0 Å². The van der Waals surface area contributed by atoms with Gasteiger partial charge in [-0.2, -0.15) is 0 Å². The van der Waals surface area contributed by atoms with Crippen molar-refractivity contribution in [3.05, 3.63) is 48.8 Å². The Morgan fingerprint density at radius 3 is 2.66 bits per heavy atom. The molecular weight excluding hydrogens is 386 g/mol. The largest absolute Gasteiger partial charge is 0.494 e. The molecule has 152 valence electrons. The Kier molecular flexibility index (Phi) is 7.24. The summed E-state index contributed by atoms with van der Waals surface area (Å²) in [6.07, 6.45) is 4.36. The Morgan fingerprint density at radius 1 is 1.21 bits per heavy atom. The van der Waals surface area contributed by atoms with Gasteiger partial charge in [-0.3, -0.25) is 14.3 Å². The van der Waals surface area contributed by atoms with E-state index >= 15 is 0 Å². The Balaban J connectivity index is 1.90. The minimum atomic E-state index is -0.0199. The molecule has 0 aliphatic heterocycles. The molecule has 0 bridgehead atoms. The van der Waals surface area contributed by atoms with Crippen LogP contribution in [0.1, 0.15) is 27.2 Å². The van der Waals surface area contributed by atoms with Crippen LogP contribution < -0.4 is 10.1 Å². The minimum Gasteiger partial charge on any atom is -0.494 e. The monoisotopic (exact) mass is 411 g/mol. The van der Waals surface area contributed by atoms with E-state index in [1.165, 1.54) is 11.8 Å². The summed E-state index contributed by atoms with van der Waals surface area (Å²) in [5.41, 5.74) is 1.74. The van der Waals surface area contributed by atoms with Gasteiger partial charge in [0.2, 0.25) is 5.91 Å². The summed E-state index contributed by atoms with van der Waals surface area (Å²) in [6, 6.07) is 11.7. The van der Waals surface area contributed by atoms with Crippen molar-refractivity contribution in [3.63, 3.8) is 0 Å². The quantitative estimate of drug-likeness (QED) is 0.540. The van der Waals surface area contributed by atoms with Crippen molar-refractivity contribution < 1.29 is 9.53 Å². The first-order chi connectivity index (χ1) is 14.1. The van der Waals surface area contributed by atoms with Gasteiger partial charge in [0.05, 0.1) is 12.4 Å². The van der Waals surface area contributed by atoms with E-state index in [-0.39, 0.29) is 17.7 Å². The minimum absolute atomic E-state index is 0.0199. The van der Waals surface area contributed by atoms with Gasteiger partial charge in [0.25, 0.3) is 0 Å². The maximum Gasteiger partial charge on any atom is 0.230 e. The SMILES string of the molecule is CCOc1ccc(-n2c(SCC(=O)NC(C)CC)nnc2-c2cccnc2)cc1. The molecule has 0 saturated carbocycles. The number of aromatic nitrogens is 4. The van der Waals surface area contributed by atoms with Crippen molar-refractivity contribution >= 4 is 17.7 Å². The van der Waals surface area contributed by atoms with Crippen molar-refractivity contribution in [1.82, 2.24) is 25.1 Å². The fraction of sp³-hybridized carbons (Fsp3) is 0.333. The number of carbonyl (C=O) groups excluding carboxylic acids is 1. The summed E-state index contributed by atoms with van der Waals surface area (Å²) in [7, 11) is 0. The summed E-state index contributed by atoms with van der Waals surface area (Å²) in [6.45, 7) is 6.60. The van der Waals surface area contributed by atoms with E-state index in [1.807, 2.05) is 61.7 Å². The molecular formula is C21H25N5O2S. The third-order valence-electron chi connectivity index (χ3n) is 4.31. The molecule has 0 saturated heterocycles. The molecule has 8 heteroatoms. The number of carbonyl (C=O) groups is 1. The predicted octanol–water partition coefficient (Wildman–Crippen LogP) is 3.73. The Morgan fingerprint density at radius 2 is 2.00 bits per heavy atom. The average Bonchev–Trinajstić information content (AvgIpc) is 3.17. The number of rotatable bonds is 9. The summed E-state index contributed by atoms with van der Waals surface area (Å²) < 4.78 is 7.48. The highest BCUT2D eigenvalue weighted by Crippen LogP contribution is 2.28. The lowest BCUT2D eigenvalue weighted by Gasteiger charge is -2.13. The molecule has 7 nitrogen and oxygen atoms in total. The molecule has 0 radical (unpaired) electrons. The Bertz CT molecular complexity index is 928. The smallest absolute Gasteiger partial charge is 0.230 e. The second-order valence-electron chi connectivity index (χ2n) is 6.48. The first kappa shape index (κ1) is 20.9. The summed E-state index contributed by atoms with van der Waals surface area (Å²) >= 11 is 1.36. The van der Waals surface area contributed by atoms with Gasteiger partial charge >= 0.3 is 0 Å². The van der Waals surface area contributed by atoms with Crippen molar-refractivity contribution in [2.75, 3.05) is 12.4 Å². The number of hydrogen-bond donors (Lipinski definition) is 1. The molecule has 0 fully saturated rings. The molecule has 1 unspecified atom stereocenters. The molecule has 1 atom stereocenters. The number of amides is 1. The Labute approximate surface area is 174 Å². The van der Waals surface area contributed by atoms with E-state index in [0.717, 1.165) is 23.4 Å². The number of nitrogens with one attached hydrogen (secondary N) is 1. The van der Waals surface area contributed by atoms with Crippen LogP contribution in [0.15, 0.2) is 53.9 Å². The van der Waals surface area contributed by atoms with Crippen molar-refractivity contribution in [2.24, 2.45) is 0 Å². The van der Waals surface area contributed by atoms with E-state index in [0.29, 0.717) is 17.6 Å². The van der Waals surface area contributed by atoms with Crippen LogP contribution in [0.25, 0.3) is 17.1 Å². The highest BCUT2D eigenvalue weighted by atomic mass is 32.2. The molecule has 3 rings (SSSR count). The summed E-state index contributed by atoms with van der Waals surface area (Å²) in [4.78, 5) is 16.4. The van der Waals surface area contributed by atoms with Crippen LogP contribution in [0.4, 0.5) is 0 Å². The van der Waals surface area contributed by atoms with E-state index in [2.05, 4.69) is 20.5 Å². The highest BCUT2D eigenvalue weighted by Gasteiger charge is 2.18. The normalized spacial score (nSPS) is 11.8. The number of benzene rings is 1. The van der Waals surface area contributed by atoms with Crippen LogP contribution in [0.3, 0.4) is 0 Å². The van der Waals surface area contributed by atoms with E-state index in [1.54, 1.807) is 12.4 Å². The summed E-state index contributed by atoms with van der Waals surface area (Å²) in [5, 5.41) is 12.3. The predicted molar refractivity (Wildman–Crippen MR) is 114 cm³/mol. The number of hydrogen-bond acceptors (Lipinski definition) is 6. The fourth-order valence-electron chi connectivity index (χ4n) is 2.68. The van der Waals surface area contributed by atoms with Crippen LogP contribution >= 0.6 is 11.8 Å². The van der Waals surface area contributed by atoms with Crippen molar-refractivity contribution in [1.29, 1.82) is 0 Å². The molecule has 0 aliphatic carbocycles. The molecule has 0 aliphatic rings. The van der Waals surface area contributed by atoms with Crippen molar-refractivity contribution in [2.45, 2.75) is 38.4 Å². The van der Waals surface area contributed by atoms with Gasteiger partial charge in [-0.05, 0) is 56.7 Å². The third kappa shape index (κ3) is 5.35. The van der Waals surface area contributed by atoms with Crippen LogP contribution in [0, 0.1) is 0 Å². The number of nitrogens with zero attached hydrogens (tertiary/aromatic N) is 4. The molecule has 1 aromatic carbocycles. The third-order valence-corrected chi connectivity index (χ3v) is 5.24. The summed E-state index contributed by atoms with van der Waals surface area (Å²) in [5.74, 6) is 1.72. The van der Waals surface area contributed by atoms with Crippen LogP contribution in [0.2, 0.25) is 0 Å². The van der Waals surface area contributed by atoms with Gasteiger partial charge in [0.1, 0.15) is 5.75 Å². The van der Waals surface area contributed by atoms with Crippen LogP contribution in [-0.2, 0) is 4.79 Å². The maximum atomic E-state index is 12.2. The van der Waals surface area contributed by atoms with Crippen LogP contribution in [0.5, 0.6) is 5.75 Å². The molecule has 2 aromatic heterocycles. The Hall–Kier alpha value is -2.87. The molecule has 0 spiro atoms. The van der Waals surface area contributed by atoms with E-state index < -0.39 is 0 Å². The van der Waals surface area contributed by atoms with E-state index in [9.17, 15) is 4.79 Å². The van der Waals surface area contributed by atoms with Crippen LogP contribution in [-0.4, -0.2) is 44.1 Å². The lowest BCUT2D eigenvalue weighted by Crippen LogP contribution is -2.33. The zero-order valence-corrected chi connectivity index (χ0v) is 17.6. The molecule has 3 aromatic rings. The standard InChI is InChI=1S/C21H25N5O2S/c1-4-15(3)23-19(27)14-29-21-25-24-20(16-7-6-12-22-13-16)26(21)17-8-10-18(11-9-17)28-5-2/h6-13,15H,4-5,14H2,1-3H3,(H,23,27). The lowest BCUT2D eigenvalue weighted by molar-refractivity contribution is -0.119. The average molecular weight is 412 g/mol.